The Morgan fingerprint density at radius 1 is 1.33 bits per heavy atom. The Kier molecular flexibility index (Phi) is 6.66. The molecule has 122 valence electrons. The van der Waals surface area contributed by atoms with Crippen LogP contribution in [0.15, 0.2) is 0 Å². The first-order valence-electron chi connectivity index (χ1n) is 7.73. The first-order valence-corrected chi connectivity index (χ1v) is 8.10. The predicted molar refractivity (Wildman–Crippen MR) is 89.5 cm³/mol. The summed E-state index contributed by atoms with van der Waals surface area (Å²) < 4.78 is 1.98. The van der Waals surface area contributed by atoms with Crippen molar-refractivity contribution in [1.29, 1.82) is 0 Å². The Labute approximate surface area is 133 Å². The maximum atomic E-state index is 6.44. The summed E-state index contributed by atoms with van der Waals surface area (Å²) in [5.41, 5.74) is 4.96. The first kappa shape index (κ1) is 18.4. The van der Waals surface area contributed by atoms with E-state index in [1.54, 1.807) is 0 Å². The molecule has 0 aliphatic carbocycles. The minimum Gasteiger partial charge on any atom is -0.302 e. The summed E-state index contributed by atoms with van der Waals surface area (Å²) in [6, 6.07) is 0.112. The molecule has 0 bridgehead atoms. The number of hydrazine groups is 1. The summed E-state index contributed by atoms with van der Waals surface area (Å²) in [7, 11) is 4.22. The van der Waals surface area contributed by atoms with E-state index < -0.39 is 0 Å². The zero-order valence-corrected chi connectivity index (χ0v) is 15.0. The van der Waals surface area contributed by atoms with Gasteiger partial charge in [-0.05, 0) is 40.8 Å². The number of rotatable bonds is 8. The van der Waals surface area contributed by atoms with E-state index in [1.807, 2.05) is 11.6 Å². The monoisotopic (exact) mass is 315 g/mol. The molecule has 0 fully saturated rings. The van der Waals surface area contributed by atoms with Crippen molar-refractivity contribution in [3.05, 3.63) is 16.4 Å². The molecule has 0 aliphatic rings. The third-order valence-corrected chi connectivity index (χ3v) is 5.31. The Balaban J connectivity index is 3.18. The lowest BCUT2D eigenvalue weighted by atomic mass is 9.81. The Morgan fingerprint density at radius 2 is 1.90 bits per heavy atom. The molecule has 6 heteroatoms. The fourth-order valence-electron chi connectivity index (χ4n) is 3.35. The summed E-state index contributed by atoms with van der Waals surface area (Å²) >= 11 is 6.44. The highest BCUT2D eigenvalue weighted by molar-refractivity contribution is 6.31. The third kappa shape index (κ3) is 3.42. The highest BCUT2D eigenvalue weighted by Crippen LogP contribution is 2.30. The van der Waals surface area contributed by atoms with Gasteiger partial charge in [-0.3, -0.25) is 16.0 Å². The van der Waals surface area contributed by atoms with Crippen LogP contribution in [-0.2, 0) is 13.0 Å². The van der Waals surface area contributed by atoms with E-state index in [4.69, 9.17) is 17.4 Å². The number of halogens is 1. The van der Waals surface area contributed by atoms with Crippen molar-refractivity contribution in [2.24, 2.45) is 5.84 Å². The zero-order valence-electron chi connectivity index (χ0n) is 14.2. The van der Waals surface area contributed by atoms with E-state index in [2.05, 4.69) is 50.3 Å². The lowest BCUT2D eigenvalue weighted by Crippen LogP contribution is -2.61. The summed E-state index contributed by atoms with van der Waals surface area (Å²) in [5.74, 6) is 5.89. The summed E-state index contributed by atoms with van der Waals surface area (Å²) in [6.45, 7) is 9.25. The van der Waals surface area contributed by atoms with Crippen LogP contribution in [-0.4, -0.2) is 40.4 Å². The van der Waals surface area contributed by atoms with Gasteiger partial charge in [0.2, 0.25) is 0 Å². The number of hydrogen-bond donors (Lipinski definition) is 2. The van der Waals surface area contributed by atoms with Crippen LogP contribution in [0.2, 0.25) is 5.02 Å². The Bertz CT molecular complexity index is 451. The molecule has 0 aromatic carbocycles. The molecule has 1 atom stereocenters. The summed E-state index contributed by atoms with van der Waals surface area (Å²) in [6.07, 6.45) is 2.80. The molecule has 0 saturated carbocycles. The quantitative estimate of drug-likeness (QED) is 0.571. The van der Waals surface area contributed by atoms with Crippen molar-refractivity contribution in [3.63, 3.8) is 0 Å². The SMILES string of the molecule is CCn1nc(C)c(Cl)c1CC(NN)C(CC)(CC)N(C)C. The van der Waals surface area contributed by atoms with Gasteiger partial charge in [-0.15, -0.1) is 0 Å². The van der Waals surface area contributed by atoms with Crippen molar-refractivity contribution >= 4 is 11.6 Å². The van der Waals surface area contributed by atoms with Crippen LogP contribution >= 0.6 is 11.6 Å². The number of nitrogens with zero attached hydrogens (tertiary/aromatic N) is 3. The standard InChI is InChI=1S/C15H30ClN5/c1-7-15(8-2,20(5)6)13(18-17)10-12-14(16)11(4)19-21(12)9-3/h13,18H,7-10,17H2,1-6H3. The molecule has 21 heavy (non-hydrogen) atoms. The molecule has 1 rings (SSSR count). The van der Waals surface area contributed by atoms with E-state index in [0.717, 1.165) is 42.2 Å². The number of likely N-dealkylation sites (N-methyl/N-ethyl adjacent to an activating group) is 1. The predicted octanol–water partition coefficient (Wildman–Crippen LogP) is 2.36. The summed E-state index contributed by atoms with van der Waals surface area (Å²) in [4.78, 5) is 2.27. The van der Waals surface area contributed by atoms with E-state index in [1.165, 1.54) is 0 Å². The Hall–Kier alpha value is -0.620. The molecule has 3 N–H and O–H groups in total. The van der Waals surface area contributed by atoms with Crippen LogP contribution in [0.3, 0.4) is 0 Å². The second kappa shape index (κ2) is 7.58. The largest absolute Gasteiger partial charge is 0.302 e. The molecule has 0 amide bonds. The molecule has 1 unspecified atom stereocenters. The van der Waals surface area contributed by atoms with Gasteiger partial charge in [0.25, 0.3) is 0 Å². The van der Waals surface area contributed by atoms with Crippen molar-refractivity contribution in [3.8, 4) is 0 Å². The van der Waals surface area contributed by atoms with Crippen LogP contribution < -0.4 is 11.3 Å². The Morgan fingerprint density at radius 3 is 2.29 bits per heavy atom. The van der Waals surface area contributed by atoms with Gasteiger partial charge in [0.1, 0.15) is 0 Å². The van der Waals surface area contributed by atoms with Crippen LogP contribution in [0.5, 0.6) is 0 Å². The number of nitrogens with two attached hydrogens (primary N) is 1. The van der Waals surface area contributed by atoms with Gasteiger partial charge >= 0.3 is 0 Å². The van der Waals surface area contributed by atoms with Crippen molar-refractivity contribution in [2.75, 3.05) is 14.1 Å². The molecule has 0 spiro atoms. The molecule has 0 aliphatic heterocycles. The van der Waals surface area contributed by atoms with Gasteiger partial charge in [-0.1, -0.05) is 25.4 Å². The third-order valence-electron chi connectivity index (χ3n) is 4.82. The van der Waals surface area contributed by atoms with E-state index in [0.29, 0.717) is 0 Å². The van der Waals surface area contributed by atoms with Crippen LogP contribution in [0, 0.1) is 6.92 Å². The second-order valence-corrected chi connectivity index (χ2v) is 6.17. The summed E-state index contributed by atoms with van der Waals surface area (Å²) in [5, 5.41) is 5.26. The normalized spacial score (nSPS) is 14.0. The molecule has 1 heterocycles. The second-order valence-electron chi connectivity index (χ2n) is 5.79. The van der Waals surface area contributed by atoms with Crippen LogP contribution in [0.4, 0.5) is 0 Å². The lowest BCUT2D eigenvalue weighted by molar-refractivity contribution is 0.0873. The van der Waals surface area contributed by atoms with Gasteiger partial charge < -0.3 is 4.90 Å². The fourth-order valence-corrected chi connectivity index (χ4v) is 3.56. The van der Waals surface area contributed by atoms with Gasteiger partial charge in [-0.25, -0.2) is 0 Å². The number of aromatic nitrogens is 2. The molecule has 1 aromatic rings. The molecular formula is C15H30ClN5. The van der Waals surface area contributed by atoms with Gasteiger partial charge in [0, 0.05) is 24.5 Å². The highest BCUT2D eigenvalue weighted by atomic mass is 35.5. The van der Waals surface area contributed by atoms with Gasteiger partial charge in [-0.2, -0.15) is 5.10 Å². The number of nitrogens with one attached hydrogen (secondary N) is 1. The molecule has 0 radical (unpaired) electrons. The number of aryl methyl sites for hydroxylation is 2. The first-order chi connectivity index (χ1) is 9.87. The van der Waals surface area contributed by atoms with Crippen molar-refractivity contribution in [1.82, 2.24) is 20.1 Å². The lowest BCUT2D eigenvalue weighted by Gasteiger charge is -2.45. The minimum atomic E-state index is -0.00513. The maximum Gasteiger partial charge on any atom is 0.0847 e. The van der Waals surface area contributed by atoms with Crippen LogP contribution in [0.25, 0.3) is 0 Å². The van der Waals surface area contributed by atoms with E-state index in [9.17, 15) is 0 Å². The topological polar surface area (TPSA) is 59.1 Å². The van der Waals surface area contributed by atoms with Crippen molar-refractivity contribution in [2.45, 2.75) is 65.1 Å². The van der Waals surface area contributed by atoms with Crippen LogP contribution in [0.1, 0.15) is 45.0 Å². The molecule has 0 saturated heterocycles. The van der Waals surface area contributed by atoms with Gasteiger partial charge in [0.15, 0.2) is 0 Å². The van der Waals surface area contributed by atoms with Crippen molar-refractivity contribution < 1.29 is 0 Å². The van der Waals surface area contributed by atoms with E-state index in [-0.39, 0.29) is 11.6 Å². The minimum absolute atomic E-state index is 0.00513. The number of hydrogen-bond acceptors (Lipinski definition) is 4. The average Bonchev–Trinajstić information content (AvgIpc) is 2.74. The molecular weight excluding hydrogens is 286 g/mol. The average molecular weight is 316 g/mol. The molecule has 5 nitrogen and oxygen atoms in total. The fraction of sp³-hybridized carbons (Fsp3) is 0.800. The highest BCUT2D eigenvalue weighted by Gasteiger charge is 2.38. The smallest absolute Gasteiger partial charge is 0.0847 e. The maximum absolute atomic E-state index is 6.44. The van der Waals surface area contributed by atoms with E-state index >= 15 is 0 Å². The van der Waals surface area contributed by atoms with Gasteiger partial charge in [0.05, 0.1) is 16.4 Å². The zero-order chi connectivity index (χ0) is 16.2. The molecule has 1 aromatic heterocycles.